The molecule has 1 aromatic heterocycles. The lowest BCUT2D eigenvalue weighted by molar-refractivity contribution is -0.122. The fraction of sp³-hybridized carbons (Fsp3) is 0.500. The lowest BCUT2D eigenvalue weighted by atomic mass is 10.0. The predicted octanol–water partition coefficient (Wildman–Crippen LogP) is 3.87. The van der Waals surface area contributed by atoms with Crippen molar-refractivity contribution in [1.29, 1.82) is 0 Å². The van der Waals surface area contributed by atoms with Crippen LogP contribution in [0.2, 0.25) is 0 Å². The number of anilines is 1. The van der Waals surface area contributed by atoms with E-state index in [9.17, 15) is 4.79 Å². The first kappa shape index (κ1) is 19.3. The largest absolute Gasteiger partial charge is 0.363 e. The van der Waals surface area contributed by atoms with Gasteiger partial charge in [-0.05, 0) is 24.3 Å². The molecule has 0 unspecified atom stereocenters. The number of amides is 1. The smallest absolute Gasteiger partial charge is 0.220 e. The van der Waals surface area contributed by atoms with E-state index < -0.39 is 0 Å². The minimum absolute atomic E-state index is 0.0863. The normalized spacial score (nSPS) is 14.9. The first-order valence-corrected chi connectivity index (χ1v) is 9.82. The number of carbonyl (C=O) groups excluding carboxylic acids is 1. The van der Waals surface area contributed by atoms with E-state index in [2.05, 4.69) is 31.3 Å². The molecule has 0 radical (unpaired) electrons. The Labute approximate surface area is 162 Å². The Balaban J connectivity index is 1.86. The van der Waals surface area contributed by atoms with E-state index in [1.165, 1.54) is 12.8 Å². The summed E-state index contributed by atoms with van der Waals surface area (Å²) in [6, 6.07) is 12.1. The predicted molar refractivity (Wildman–Crippen MR) is 109 cm³/mol. The lowest BCUT2D eigenvalue weighted by Gasteiger charge is -2.21. The Morgan fingerprint density at radius 1 is 1.19 bits per heavy atom. The third-order valence-electron chi connectivity index (χ3n) is 4.73. The van der Waals surface area contributed by atoms with Gasteiger partial charge < -0.3 is 10.2 Å². The van der Waals surface area contributed by atoms with Gasteiger partial charge in [-0.2, -0.15) is 0 Å². The molecular weight excluding hydrogens is 336 g/mol. The van der Waals surface area contributed by atoms with Crippen LogP contribution in [0.25, 0.3) is 0 Å². The lowest BCUT2D eigenvalue weighted by Crippen LogP contribution is -2.31. The number of aromatic nitrogens is 2. The molecule has 1 aliphatic rings. The van der Waals surface area contributed by atoms with E-state index in [1.807, 2.05) is 43.3 Å². The number of nitrogens with one attached hydrogen (secondary N) is 1. The summed E-state index contributed by atoms with van der Waals surface area (Å²) in [6.07, 6.45) is 3.54. The van der Waals surface area contributed by atoms with Gasteiger partial charge >= 0.3 is 0 Å². The number of carbonyl (C=O) groups is 1. The summed E-state index contributed by atoms with van der Waals surface area (Å²) in [7, 11) is 4.00. The van der Waals surface area contributed by atoms with Crippen molar-refractivity contribution in [2.75, 3.05) is 19.0 Å². The van der Waals surface area contributed by atoms with Gasteiger partial charge in [0.05, 0.1) is 6.04 Å². The Kier molecular flexibility index (Phi) is 6.09. The molecular formula is C22H30N4O. The van der Waals surface area contributed by atoms with Gasteiger partial charge in [-0.1, -0.05) is 44.2 Å². The summed E-state index contributed by atoms with van der Waals surface area (Å²) < 4.78 is 0. The van der Waals surface area contributed by atoms with Crippen molar-refractivity contribution in [2.24, 2.45) is 5.92 Å². The number of hydrogen-bond donors (Lipinski definition) is 1. The van der Waals surface area contributed by atoms with Crippen LogP contribution in [0.4, 0.5) is 5.82 Å². The van der Waals surface area contributed by atoms with Crippen molar-refractivity contribution in [3.63, 3.8) is 0 Å². The van der Waals surface area contributed by atoms with Crippen molar-refractivity contribution >= 4 is 11.7 Å². The molecule has 1 heterocycles. The number of hydrogen-bond acceptors (Lipinski definition) is 4. The topological polar surface area (TPSA) is 58.1 Å². The molecule has 1 saturated carbocycles. The minimum Gasteiger partial charge on any atom is -0.363 e. The Bertz CT molecular complexity index is 749. The average molecular weight is 367 g/mol. The molecule has 5 heteroatoms. The molecule has 1 amide bonds. The second-order valence-corrected chi connectivity index (χ2v) is 8.08. The summed E-state index contributed by atoms with van der Waals surface area (Å²) in [5.41, 5.74) is 2.09. The third kappa shape index (κ3) is 5.52. The van der Waals surface area contributed by atoms with Gasteiger partial charge in [-0.15, -0.1) is 0 Å². The highest BCUT2D eigenvalue weighted by Crippen LogP contribution is 2.38. The molecule has 1 atom stereocenters. The highest BCUT2D eigenvalue weighted by Gasteiger charge is 2.28. The molecule has 0 saturated heterocycles. The Morgan fingerprint density at radius 3 is 2.48 bits per heavy atom. The standard InChI is InChI=1S/C22H30N4O/c1-15(2)12-21(27)24-19(16-8-6-5-7-9-16)13-18-14-20(26(3)4)25-22(23-18)17-10-11-17/h5-9,14-15,17,19H,10-13H2,1-4H3,(H,24,27)/t19-/m0/s1. The summed E-state index contributed by atoms with van der Waals surface area (Å²) >= 11 is 0. The highest BCUT2D eigenvalue weighted by molar-refractivity contribution is 5.76. The van der Waals surface area contributed by atoms with Crippen LogP contribution in [0.5, 0.6) is 0 Å². The molecule has 1 aromatic carbocycles. The van der Waals surface area contributed by atoms with Crippen LogP contribution in [-0.2, 0) is 11.2 Å². The fourth-order valence-electron chi connectivity index (χ4n) is 3.13. The van der Waals surface area contributed by atoms with E-state index in [1.54, 1.807) is 0 Å². The summed E-state index contributed by atoms with van der Waals surface area (Å²) in [5.74, 6) is 2.79. The second-order valence-electron chi connectivity index (χ2n) is 8.08. The van der Waals surface area contributed by atoms with E-state index in [-0.39, 0.29) is 11.9 Å². The van der Waals surface area contributed by atoms with Gasteiger partial charge in [0.1, 0.15) is 11.6 Å². The Morgan fingerprint density at radius 2 is 1.89 bits per heavy atom. The van der Waals surface area contributed by atoms with Crippen LogP contribution >= 0.6 is 0 Å². The maximum absolute atomic E-state index is 12.4. The van der Waals surface area contributed by atoms with Crippen LogP contribution in [0, 0.1) is 5.92 Å². The molecule has 1 aliphatic carbocycles. The maximum atomic E-state index is 12.4. The monoisotopic (exact) mass is 366 g/mol. The zero-order valence-corrected chi connectivity index (χ0v) is 16.8. The molecule has 27 heavy (non-hydrogen) atoms. The van der Waals surface area contributed by atoms with Gasteiger partial charge in [-0.3, -0.25) is 4.79 Å². The van der Waals surface area contributed by atoms with Crippen LogP contribution in [0.15, 0.2) is 36.4 Å². The van der Waals surface area contributed by atoms with E-state index >= 15 is 0 Å². The molecule has 1 fully saturated rings. The van der Waals surface area contributed by atoms with Gasteiger partial charge in [0.15, 0.2) is 0 Å². The molecule has 144 valence electrons. The minimum atomic E-state index is -0.0885. The highest BCUT2D eigenvalue weighted by atomic mass is 16.1. The van der Waals surface area contributed by atoms with E-state index in [0.29, 0.717) is 24.7 Å². The van der Waals surface area contributed by atoms with Crippen LogP contribution in [0.3, 0.4) is 0 Å². The van der Waals surface area contributed by atoms with Crippen molar-refractivity contribution in [3.8, 4) is 0 Å². The van der Waals surface area contributed by atoms with Gasteiger partial charge in [0.25, 0.3) is 0 Å². The SMILES string of the molecule is CC(C)CC(=O)N[C@@H](Cc1cc(N(C)C)nc(C2CC2)n1)c1ccccc1. The summed E-state index contributed by atoms with van der Waals surface area (Å²) in [6.45, 7) is 4.12. The average Bonchev–Trinajstić information content (AvgIpc) is 3.46. The first-order chi connectivity index (χ1) is 12.9. The molecule has 2 aromatic rings. The van der Waals surface area contributed by atoms with Gasteiger partial charge in [0.2, 0.25) is 5.91 Å². The van der Waals surface area contributed by atoms with Crippen molar-refractivity contribution in [3.05, 3.63) is 53.5 Å². The number of nitrogens with zero attached hydrogens (tertiary/aromatic N) is 3. The molecule has 0 aliphatic heterocycles. The van der Waals surface area contributed by atoms with Crippen molar-refractivity contribution < 1.29 is 4.79 Å². The summed E-state index contributed by atoms with van der Waals surface area (Å²) in [5, 5.41) is 3.21. The fourth-order valence-corrected chi connectivity index (χ4v) is 3.13. The van der Waals surface area contributed by atoms with Crippen molar-refractivity contribution in [1.82, 2.24) is 15.3 Å². The van der Waals surface area contributed by atoms with Crippen molar-refractivity contribution in [2.45, 2.75) is 51.5 Å². The van der Waals surface area contributed by atoms with Crippen LogP contribution in [-0.4, -0.2) is 30.0 Å². The molecule has 1 N–H and O–H groups in total. The zero-order chi connectivity index (χ0) is 19.4. The quantitative estimate of drug-likeness (QED) is 0.770. The molecule has 0 spiro atoms. The third-order valence-corrected chi connectivity index (χ3v) is 4.73. The van der Waals surface area contributed by atoms with Gasteiger partial charge in [0, 0.05) is 44.6 Å². The van der Waals surface area contributed by atoms with E-state index in [4.69, 9.17) is 9.97 Å². The van der Waals surface area contributed by atoms with Gasteiger partial charge in [-0.25, -0.2) is 9.97 Å². The first-order valence-electron chi connectivity index (χ1n) is 9.82. The zero-order valence-electron chi connectivity index (χ0n) is 16.8. The molecule has 0 bridgehead atoms. The number of benzene rings is 1. The molecule has 5 nitrogen and oxygen atoms in total. The van der Waals surface area contributed by atoms with Crippen LogP contribution in [0.1, 0.15) is 62.2 Å². The summed E-state index contributed by atoms with van der Waals surface area (Å²) in [4.78, 5) is 24.0. The van der Waals surface area contributed by atoms with E-state index in [0.717, 1.165) is 22.9 Å². The Hall–Kier alpha value is -2.43. The maximum Gasteiger partial charge on any atom is 0.220 e. The second kappa shape index (κ2) is 8.51. The number of rotatable bonds is 8. The molecule has 3 rings (SSSR count). The van der Waals surface area contributed by atoms with Crippen LogP contribution < -0.4 is 10.2 Å².